The van der Waals surface area contributed by atoms with Gasteiger partial charge in [-0.2, -0.15) is 0 Å². The van der Waals surface area contributed by atoms with E-state index in [4.69, 9.17) is 0 Å². The molecule has 1 fully saturated rings. The van der Waals surface area contributed by atoms with Crippen molar-refractivity contribution in [3.05, 3.63) is 0 Å². The number of likely N-dealkylation sites (tertiary alicyclic amines) is 1. The summed E-state index contributed by atoms with van der Waals surface area (Å²) in [5, 5.41) is 0. The predicted molar refractivity (Wildman–Crippen MR) is 57.9 cm³/mol. The molecule has 5 heteroatoms. The van der Waals surface area contributed by atoms with Crippen LogP contribution < -0.4 is 0 Å². The van der Waals surface area contributed by atoms with E-state index in [1.165, 1.54) is 14.2 Å². The topological polar surface area (TPSA) is 55.8 Å². The average Bonchev–Trinajstić information content (AvgIpc) is 2.73. The molecule has 1 heterocycles. The highest BCUT2D eigenvalue weighted by Crippen LogP contribution is 2.20. The van der Waals surface area contributed by atoms with Gasteiger partial charge in [-0.05, 0) is 19.4 Å². The highest BCUT2D eigenvalue weighted by Gasteiger charge is 2.27. The number of esters is 2. The summed E-state index contributed by atoms with van der Waals surface area (Å²) >= 11 is 0. The third-order valence-electron chi connectivity index (χ3n) is 2.96. The molecule has 0 spiro atoms. The van der Waals surface area contributed by atoms with Crippen molar-refractivity contribution in [2.45, 2.75) is 31.7 Å². The van der Waals surface area contributed by atoms with Gasteiger partial charge in [-0.1, -0.05) is 0 Å². The first-order chi connectivity index (χ1) is 7.67. The third kappa shape index (κ3) is 3.81. The lowest BCUT2D eigenvalue weighted by molar-refractivity contribution is -0.141. The van der Waals surface area contributed by atoms with Crippen molar-refractivity contribution >= 4 is 11.9 Å². The van der Waals surface area contributed by atoms with Crippen molar-refractivity contribution in [1.82, 2.24) is 4.90 Å². The number of carbonyl (C=O) groups excluding carboxylic acids is 2. The van der Waals surface area contributed by atoms with Gasteiger partial charge in [0.15, 0.2) is 0 Å². The fourth-order valence-electron chi connectivity index (χ4n) is 2.03. The molecule has 1 aliphatic rings. The van der Waals surface area contributed by atoms with E-state index in [1.54, 1.807) is 0 Å². The Kier molecular flexibility index (Phi) is 5.25. The van der Waals surface area contributed by atoms with Gasteiger partial charge >= 0.3 is 11.9 Å². The SMILES string of the molecule is COC(=O)CCN1CCC[C@H]1CC(=O)OC. The van der Waals surface area contributed by atoms with Crippen molar-refractivity contribution in [2.75, 3.05) is 27.3 Å². The van der Waals surface area contributed by atoms with E-state index in [9.17, 15) is 9.59 Å². The zero-order chi connectivity index (χ0) is 12.0. The van der Waals surface area contributed by atoms with Crippen LogP contribution in [0, 0.1) is 0 Å². The van der Waals surface area contributed by atoms with Crippen LogP contribution in [-0.2, 0) is 19.1 Å². The van der Waals surface area contributed by atoms with Gasteiger partial charge in [0.2, 0.25) is 0 Å². The number of ether oxygens (including phenoxy) is 2. The Morgan fingerprint density at radius 1 is 1.25 bits per heavy atom. The van der Waals surface area contributed by atoms with E-state index < -0.39 is 0 Å². The third-order valence-corrected chi connectivity index (χ3v) is 2.96. The first kappa shape index (κ1) is 13.0. The summed E-state index contributed by atoms with van der Waals surface area (Å²) in [6.45, 7) is 1.60. The van der Waals surface area contributed by atoms with E-state index in [0.717, 1.165) is 19.4 Å². The Hall–Kier alpha value is -1.10. The van der Waals surface area contributed by atoms with Crippen LogP contribution in [0.2, 0.25) is 0 Å². The minimum Gasteiger partial charge on any atom is -0.469 e. The Morgan fingerprint density at radius 3 is 2.56 bits per heavy atom. The van der Waals surface area contributed by atoms with Gasteiger partial charge < -0.3 is 9.47 Å². The van der Waals surface area contributed by atoms with Crippen molar-refractivity contribution in [1.29, 1.82) is 0 Å². The van der Waals surface area contributed by atoms with Crippen LogP contribution in [0.1, 0.15) is 25.7 Å². The molecular weight excluding hydrogens is 210 g/mol. The quantitative estimate of drug-likeness (QED) is 0.645. The summed E-state index contributed by atoms with van der Waals surface area (Å²) in [7, 11) is 2.79. The second-order valence-electron chi connectivity index (χ2n) is 3.94. The lowest BCUT2D eigenvalue weighted by atomic mass is 10.1. The maximum atomic E-state index is 11.2. The summed E-state index contributed by atoms with van der Waals surface area (Å²) in [4.78, 5) is 24.3. The summed E-state index contributed by atoms with van der Waals surface area (Å²) in [5.41, 5.74) is 0. The van der Waals surface area contributed by atoms with Crippen LogP contribution in [0.25, 0.3) is 0 Å². The van der Waals surface area contributed by atoms with Gasteiger partial charge in [0, 0.05) is 12.6 Å². The second-order valence-corrected chi connectivity index (χ2v) is 3.94. The number of nitrogens with zero attached hydrogens (tertiary/aromatic N) is 1. The number of carbonyl (C=O) groups is 2. The summed E-state index contributed by atoms with van der Waals surface area (Å²) < 4.78 is 9.24. The van der Waals surface area contributed by atoms with E-state index in [0.29, 0.717) is 19.4 Å². The molecule has 0 saturated carbocycles. The molecule has 0 radical (unpaired) electrons. The van der Waals surface area contributed by atoms with Crippen LogP contribution in [0.4, 0.5) is 0 Å². The van der Waals surface area contributed by atoms with E-state index in [1.807, 2.05) is 0 Å². The number of methoxy groups -OCH3 is 2. The fraction of sp³-hybridized carbons (Fsp3) is 0.818. The monoisotopic (exact) mass is 229 g/mol. The zero-order valence-corrected chi connectivity index (χ0v) is 9.90. The molecule has 0 unspecified atom stereocenters. The Balaban J connectivity index is 2.34. The Bertz CT molecular complexity index is 254. The molecule has 5 nitrogen and oxygen atoms in total. The predicted octanol–water partition coefficient (Wildman–Crippen LogP) is 0.577. The Labute approximate surface area is 95.7 Å². The molecular formula is C11H19NO4. The first-order valence-electron chi connectivity index (χ1n) is 5.55. The molecule has 92 valence electrons. The van der Waals surface area contributed by atoms with E-state index in [2.05, 4.69) is 14.4 Å². The number of hydrogen-bond acceptors (Lipinski definition) is 5. The minimum absolute atomic E-state index is 0.185. The molecule has 1 saturated heterocycles. The van der Waals surface area contributed by atoms with Crippen LogP contribution >= 0.6 is 0 Å². The van der Waals surface area contributed by atoms with Crippen molar-refractivity contribution in [3.8, 4) is 0 Å². The van der Waals surface area contributed by atoms with Crippen molar-refractivity contribution in [2.24, 2.45) is 0 Å². The largest absolute Gasteiger partial charge is 0.469 e. The molecule has 0 N–H and O–H groups in total. The highest BCUT2D eigenvalue weighted by atomic mass is 16.5. The standard InChI is InChI=1S/C11H19NO4/c1-15-10(13)5-7-12-6-3-4-9(12)8-11(14)16-2/h9H,3-8H2,1-2H3/t9-/m0/s1. The minimum atomic E-state index is -0.205. The molecule has 0 aromatic heterocycles. The average molecular weight is 229 g/mol. The molecule has 0 aromatic carbocycles. The number of rotatable bonds is 5. The Morgan fingerprint density at radius 2 is 1.94 bits per heavy atom. The summed E-state index contributed by atoms with van der Waals surface area (Å²) in [5.74, 6) is -0.390. The molecule has 1 rings (SSSR count). The van der Waals surface area contributed by atoms with Crippen LogP contribution in [-0.4, -0.2) is 50.2 Å². The molecule has 0 aliphatic carbocycles. The summed E-state index contributed by atoms with van der Waals surface area (Å²) in [6, 6.07) is 0.220. The molecule has 1 atom stereocenters. The summed E-state index contributed by atoms with van der Waals surface area (Å²) in [6.07, 6.45) is 2.87. The maximum absolute atomic E-state index is 11.2. The van der Waals surface area contributed by atoms with Crippen LogP contribution in [0.5, 0.6) is 0 Å². The van der Waals surface area contributed by atoms with Crippen LogP contribution in [0.3, 0.4) is 0 Å². The van der Waals surface area contributed by atoms with Gasteiger partial charge in [-0.3, -0.25) is 14.5 Å². The molecule has 1 aliphatic heterocycles. The fourth-order valence-corrected chi connectivity index (χ4v) is 2.03. The van der Waals surface area contributed by atoms with Gasteiger partial charge in [-0.25, -0.2) is 0 Å². The van der Waals surface area contributed by atoms with Crippen molar-refractivity contribution in [3.63, 3.8) is 0 Å². The molecule has 0 aromatic rings. The highest BCUT2D eigenvalue weighted by molar-refractivity contribution is 5.70. The molecule has 16 heavy (non-hydrogen) atoms. The lowest BCUT2D eigenvalue weighted by Gasteiger charge is -2.22. The smallest absolute Gasteiger partial charge is 0.307 e. The molecule has 0 amide bonds. The first-order valence-corrected chi connectivity index (χ1v) is 5.55. The lowest BCUT2D eigenvalue weighted by Crippen LogP contribution is -2.33. The second kappa shape index (κ2) is 6.48. The van der Waals surface area contributed by atoms with E-state index in [-0.39, 0.29) is 18.0 Å². The van der Waals surface area contributed by atoms with Crippen LogP contribution in [0.15, 0.2) is 0 Å². The molecule has 0 bridgehead atoms. The maximum Gasteiger partial charge on any atom is 0.307 e. The van der Waals surface area contributed by atoms with Gasteiger partial charge in [0.25, 0.3) is 0 Å². The normalized spacial score (nSPS) is 20.8. The zero-order valence-electron chi connectivity index (χ0n) is 9.90. The van der Waals surface area contributed by atoms with Gasteiger partial charge in [0.1, 0.15) is 0 Å². The van der Waals surface area contributed by atoms with Gasteiger partial charge in [0.05, 0.1) is 27.1 Å². The van der Waals surface area contributed by atoms with E-state index >= 15 is 0 Å². The number of hydrogen-bond donors (Lipinski definition) is 0. The van der Waals surface area contributed by atoms with Gasteiger partial charge in [-0.15, -0.1) is 0 Å². The van der Waals surface area contributed by atoms with Crippen molar-refractivity contribution < 1.29 is 19.1 Å².